The molecule has 0 saturated heterocycles. The highest BCUT2D eigenvalue weighted by molar-refractivity contribution is 5.37. The van der Waals surface area contributed by atoms with E-state index in [9.17, 15) is 4.79 Å². The van der Waals surface area contributed by atoms with Gasteiger partial charge in [0.1, 0.15) is 0 Å². The Morgan fingerprint density at radius 3 is 3.00 bits per heavy atom. The van der Waals surface area contributed by atoms with Gasteiger partial charge in [0.25, 0.3) is 6.47 Å². The van der Waals surface area contributed by atoms with E-state index in [4.69, 9.17) is 9.47 Å². The van der Waals surface area contributed by atoms with Crippen LogP contribution in [0.15, 0.2) is 12.2 Å². The summed E-state index contributed by atoms with van der Waals surface area (Å²) in [6.45, 7) is 10.9. The summed E-state index contributed by atoms with van der Waals surface area (Å²) in [5.41, 5.74) is 1.34. The minimum atomic E-state index is 0.0626. The monoisotopic (exact) mass is 240 g/mol. The summed E-state index contributed by atoms with van der Waals surface area (Å²) < 4.78 is 10.3. The number of allylic oxidation sites excluding steroid dienone is 1. The molecule has 0 amide bonds. The number of ether oxygens (including phenoxy) is 2. The van der Waals surface area contributed by atoms with Gasteiger partial charge >= 0.3 is 0 Å². The summed E-state index contributed by atoms with van der Waals surface area (Å²) in [5, 5.41) is 0. The average molecular weight is 240 g/mol. The minimum Gasteiger partial charge on any atom is -0.467 e. The fraction of sp³-hybridized carbons (Fsp3) is 0.786. The van der Waals surface area contributed by atoms with Gasteiger partial charge in [-0.25, -0.2) is 0 Å². The van der Waals surface area contributed by atoms with E-state index in [-0.39, 0.29) is 5.41 Å². The van der Waals surface area contributed by atoms with Gasteiger partial charge in [0, 0.05) is 18.6 Å². The van der Waals surface area contributed by atoms with Crippen molar-refractivity contribution in [2.24, 2.45) is 11.3 Å². The van der Waals surface area contributed by atoms with Crippen molar-refractivity contribution in [3.8, 4) is 0 Å². The van der Waals surface area contributed by atoms with Crippen LogP contribution in [0.1, 0.15) is 39.5 Å². The fourth-order valence-corrected chi connectivity index (χ4v) is 2.87. The van der Waals surface area contributed by atoms with Gasteiger partial charge in [0.15, 0.2) is 0 Å². The molecule has 98 valence electrons. The zero-order chi connectivity index (χ0) is 12.7. The summed E-state index contributed by atoms with van der Waals surface area (Å²) in [7, 11) is 0. The molecule has 1 rings (SSSR count). The summed E-state index contributed by atoms with van der Waals surface area (Å²) >= 11 is 0. The molecule has 0 aromatic rings. The Morgan fingerprint density at radius 2 is 2.35 bits per heavy atom. The Hall–Kier alpha value is -0.830. The Kier molecular flexibility index (Phi) is 5.69. The predicted molar refractivity (Wildman–Crippen MR) is 67.7 cm³/mol. The Balaban J connectivity index is 2.46. The topological polar surface area (TPSA) is 35.5 Å². The molecule has 1 aliphatic rings. The van der Waals surface area contributed by atoms with E-state index >= 15 is 0 Å². The standard InChI is InChI=1S/C14H24O3/c1-4-16-6-5-13-7-12(2)8-14(3,9-13)10-17-11-15/h11,13H,2,4-10H2,1,3H3. The smallest absolute Gasteiger partial charge is 0.293 e. The lowest BCUT2D eigenvalue weighted by Gasteiger charge is -2.38. The summed E-state index contributed by atoms with van der Waals surface area (Å²) in [5.74, 6) is 0.614. The van der Waals surface area contributed by atoms with Crippen LogP contribution in [0.5, 0.6) is 0 Å². The van der Waals surface area contributed by atoms with Crippen molar-refractivity contribution in [2.45, 2.75) is 39.5 Å². The third kappa shape index (κ3) is 4.90. The second kappa shape index (κ2) is 6.80. The van der Waals surface area contributed by atoms with Crippen LogP contribution in [0.25, 0.3) is 0 Å². The van der Waals surface area contributed by atoms with Gasteiger partial charge in [-0.1, -0.05) is 19.1 Å². The first-order valence-electron chi connectivity index (χ1n) is 6.39. The van der Waals surface area contributed by atoms with Crippen molar-refractivity contribution in [1.29, 1.82) is 0 Å². The normalized spacial score (nSPS) is 29.1. The van der Waals surface area contributed by atoms with Crippen molar-refractivity contribution in [3.05, 3.63) is 12.2 Å². The molecule has 0 aromatic heterocycles. The molecule has 1 fully saturated rings. The Labute approximate surface area is 104 Å². The molecule has 0 radical (unpaired) electrons. The van der Waals surface area contributed by atoms with Gasteiger partial charge in [0.2, 0.25) is 0 Å². The number of rotatable bonds is 7. The lowest BCUT2D eigenvalue weighted by Crippen LogP contribution is -2.31. The van der Waals surface area contributed by atoms with Crippen molar-refractivity contribution in [2.75, 3.05) is 19.8 Å². The summed E-state index contributed by atoms with van der Waals surface area (Å²) in [6.07, 6.45) is 4.21. The van der Waals surface area contributed by atoms with Gasteiger partial charge in [-0.05, 0) is 38.5 Å². The number of carbonyl (C=O) groups excluding carboxylic acids is 1. The van der Waals surface area contributed by atoms with E-state index < -0.39 is 0 Å². The first kappa shape index (κ1) is 14.2. The van der Waals surface area contributed by atoms with Gasteiger partial charge in [0.05, 0.1) is 6.61 Å². The number of carbonyl (C=O) groups is 1. The molecule has 3 heteroatoms. The highest BCUT2D eigenvalue weighted by atomic mass is 16.5. The summed E-state index contributed by atoms with van der Waals surface area (Å²) in [4.78, 5) is 10.3. The van der Waals surface area contributed by atoms with Crippen LogP contribution in [0.3, 0.4) is 0 Å². The second-order valence-electron chi connectivity index (χ2n) is 5.40. The van der Waals surface area contributed by atoms with E-state index in [1.807, 2.05) is 6.92 Å². The van der Waals surface area contributed by atoms with Crippen LogP contribution in [0, 0.1) is 11.3 Å². The molecule has 3 nitrogen and oxygen atoms in total. The van der Waals surface area contributed by atoms with Gasteiger partial charge in [-0.3, -0.25) is 4.79 Å². The summed E-state index contributed by atoms with van der Waals surface area (Å²) in [6, 6.07) is 0. The third-order valence-corrected chi connectivity index (χ3v) is 3.41. The van der Waals surface area contributed by atoms with E-state index in [0.29, 0.717) is 19.0 Å². The van der Waals surface area contributed by atoms with Gasteiger partial charge in [-0.15, -0.1) is 0 Å². The van der Waals surface area contributed by atoms with Crippen molar-refractivity contribution in [3.63, 3.8) is 0 Å². The zero-order valence-electron chi connectivity index (χ0n) is 11.0. The van der Waals surface area contributed by atoms with Crippen molar-refractivity contribution < 1.29 is 14.3 Å². The second-order valence-corrected chi connectivity index (χ2v) is 5.40. The van der Waals surface area contributed by atoms with Crippen molar-refractivity contribution >= 4 is 6.47 Å². The highest BCUT2D eigenvalue weighted by Gasteiger charge is 2.34. The van der Waals surface area contributed by atoms with Crippen LogP contribution in [0.4, 0.5) is 0 Å². The molecule has 0 spiro atoms. The Bertz CT molecular complexity index is 262. The molecular formula is C14H24O3. The number of hydrogen-bond acceptors (Lipinski definition) is 3. The maximum Gasteiger partial charge on any atom is 0.293 e. The van der Waals surface area contributed by atoms with E-state index in [2.05, 4.69) is 13.5 Å². The molecule has 0 heterocycles. The quantitative estimate of drug-likeness (QED) is 0.390. The highest BCUT2D eigenvalue weighted by Crippen LogP contribution is 2.42. The molecular weight excluding hydrogens is 216 g/mol. The maximum atomic E-state index is 10.3. The molecule has 2 unspecified atom stereocenters. The Morgan fingerprint density at radius 1 is 1.59 bits per heavy atom. The van der Waals surface area contributed by atoms with Crippen LogP contribution in [-0.2, 0) is 14.3 Å². The minimum absolute atomic E-state index is 0.0626. The van der Waals surface area contributed by atoms with E-state index in [0.717, 1.165) is 38.9 Å². The average Bonchev–Trinajstić information content (AvgIpc) is 2.26. The molecule has 0 N–H and O–H groups in total. The third-order valence-electron chi connectivity index (χ3n) is 3.41. The van der Waals surface area contributed by atoms with Crippen LogP contribution in [0.2, 0.25) is 0 Å². The van der Waals surface area contributed by atoms with Gasteiger partial charge in [-0.2, -0.15) is 0 Å². The molecule has 17 heavy (non-hydrogen) atoms. The zero-order valence-corrected chi connectivity index (χ0v) is 11.0. The first-order chi connectivity index (χ1) is 8.09. The van der Waals surface area contributed by atoms with Crippen LogP contribution in [-0.4, -0.2) is 26.3 Å². The van der Waals surface area contributed by atoms with Gasteiger partial charge < -0.3 is 9.47 Å². The van der Waals surface area contributed by atoms with Crippen LogP contribution < -0.4 is 0 Å². The van der Waals surface area contributed by atoms with Crippen molar-refractivity contribution in [1.82, 2.24) is 0 Å². The fourth-order valence-electron chi connectivity index (χ4n) is 2.87. The first-order valence-corrected chi connectivity index (χ1v) is 6.39. The van der Waals surface area contributed by atoms with E-state index in [1.54, 1.807) is 0 Å². The maximum absolute atomic E-state index is 10.3. The predicted octanol–water partition coefficient (Wildman–Crippen LogP) is 2.95. The lowest BCUT2D eigenvalue weighted by molar-refractivity contribution is -0.132. The largest absolute Gasteiger partial charge is 0.467 e. The molecule has 1 aliphatic carbocycles. The van der Waals surface area contributed by atoms with Crippen LogP contribution >= 0.6 is 0 Å². The molecule has 0 aromatic carbocycles. The lowest BCUT2D eigenvalue weighted by atomic mass is 9.69. The van der Waals surface area contributed by atoms with E-state index in [1.165, 1.54) is 5.57 Å². The molecule has 0 bridgehead atoms. The molecule has 2 atom stereocenters. The molecule has 1 saturated carbocycles. The number of hydrogen-bond donors (Lipinski definition) is 0. The molecule has 0 aliphatic heterocycles. The SMILES string of the molecule is C=C1CC(CCOCC)CC(C)(COC=O)C1.